The van der Waals surface area contributed by atoms with Crippen LogP contribution in [0.5, 0.6) is 0 Å². The van der Waals surface area contributed by atoms with Crippen molar-refractivity contribution >= 4 is 59.8 Å². The topological polar surface area (TPSA) is 88.5 Å². The molecule has 2 atom stereocenters. The van der Waals surface area contributed by atoms with Gasteiger partial charge in [-0.25, -0.2) is 14.6 Å². The van der Waals surface area contributed by atoms with Crippen LogP contribution in [0.25, 0.3) is 6.08 Å². The molecular weight excluding hydrogens is 516 g/mol. The molecule has 3 heterocycles. The number of thioether (sulfide) groups is 1. The molecule has 3 aliphatic rings. The average molecular weight is 549 g/mol. The number of benzene rings is 1. The third kappa shape index (κ3) is 6.29. The summed E-state index contributed by atoms with van der Waals surface area (Å²) >= 11 is 1.29. The monoisotopic (exact) mass is 547 g/mol. The number of rotatable bonds is 5. The molecule has 1 aromatic carbocycles. The Hall–Kier alpha value is -1.85. The molecule has 1 unspecified atom stereocenters. The molecule has 0 spiro atoms. The van der Waals surface area contributed by atoms with E-state index in [2.05, 4.69) is 15.3 Å². The summed E-state index contributed by atoms with van der Waals surface area (Å²) < 4.78 is 14.4. The van der Waals surface area contributed by atoms with E-state index in [-0.39, 0.29) is 36.8 Å². The number of hydrogen-bond donors (Lipinski definition) is 2. The first-order chi connectivity index (χ1) is 15.9. The number of likely N-dealkylation sites (tertiary alicyclic amines) is 1. The molecule has 1 aromatic rings. The number of carbonyl (C=O) groups is 2. The zero-order valence-corrected chi connectivity index (χ0v) is 22.2. The van der Waals surface area contributed by atoms with Gasteiger partial charge in [0.2, 0.25) is 0 Å². The lowest BCUT2D eigenvalue weighted by molar-refractivity contribution is -0.113. The number of halogens is 3. The number of nitrogens with one attached hydrogen (secondary N) is 1. The predicted molar refractivity (Wildman–Crippen MR) is 142 cm³/mol. The van der Waals surface area contributed by atoms with Crippen molar-refractivity contribution in [2.75, 3.05) is 32.7 Å². The molecule has 12 heteroatoms. The molecule has 194 valence electrons. The van der Waals surface area contributed by atoms with Crippen LogP contribution in [-0.4, -0.2) is 75.8 Å². The molecule has 4 rings (SSSR count). The molecule has 0 aliphatic carbocycles. The van der Waals surface area contributed by atoms with E-state index < -0.39 is 18.0 Å². The number of carboxylic acid groups (broad SMARTS) is 1. The van der Waals surface area contributed by atoms with Crippen LogP contribution in [0.2, 0.25) is 0 Å². The molecule has 2 N–H and O–H groups in total. The van der Waals surface area contributed by atoms with Crippen molar-refractivity contribution < 1.29 is 19.1 Å². The van der Waals surface area contributed by atoms with E-state index >= 15 is 0 Å². The van der Waals surface area contributed by atoms with Gasteiger partial charge in [-0.2, -0.15) is 4.99 Å². The van der Waals surface area contributed by atoms with Crippen molar-refractivity contribution in [3.05, 3.63) is 40.0 Å². The number of hydrazine groups is 1. The van der Waals surface area contributed by atoms with Gasteiger partial charge in [-0.15, -0.1) is 24.8 Å². The summed E-state index contributed by atoms with van der Waals surface area (Å²) in [7, 11) is 0. The van der Waals surface area contributed by atoms with E-state index in [1.807, 2.05) is 18.9 Å². The van der Waals surface area contributed by atoms with E-state index in [1.165, 1.54) is 28.8 Å². The van der Waals surface area contributed by atoms with Gasteiger partial charge in [0.05, 0.1) is 10.9 Å². The fraction of sp³-hybridized carbons (Fsp3) is 0.522. The maximum Gasteiger partial charge on any atom is 0.407 e. The van der Waals surface area contributed by atoms with Crippen LogP contribution in [0.15, 0.2) is 28.1 Å². The molecule has 0 radical (unpaired) electrons. The van der Waals surface area contributed by atoms with Crippen LogP contribution < -0.4 is 5.43 Å². The van der Waals surface area contributed by atoms with Crippen LogP contribution in [0.1, 0.15) is 50.3 Å². The number of likely N-dealkylation sites (N-methyl/N-ethyl adjacent to an activating group) is 1. The first-order valence-electron chi connectivity index (χ1n) is 11.5. The van der Waals surface area contributed by atoms with Gasteiger partial charge in [0.25, 0.3) is 5.91 Å². The van der Waals surface area contributed by atoms with Crippen molar-refractivity contribution in [3.8, 4) is 0 Å². The lowest BCUT2D eigenvalue weighted by Crippen LogP contribution is -2.45. The van der Waals surface area contributed by atoms with Gasteiger partial charge in [0.1, 0.15) is 5.82 Å². The van der Waals surface area contributed by atoms with Gasteiger partial charge >= 0.3 is 6.09 Å². The molecule has 2 amide bonds. The lowest BCUT2D eigenvalue weighted by Gasteiger charge is -2.34. The summed E-state index contributed by atoms with van der Waals surface area (Å²) in [4.78, 5) is 33.0. The van der Waals surface area contributed by atoms with Crippen molar-refractivity contribution in [2.24, 2.45) is 4.99 Å². The Morgan fingerprint density at radius 3 is 2.66 bits per heavy atom. The molecule has 3 aliphatic heterocycles. The molecular formula is C23H32Cl2FN5O3S. The third-order valence-electron chi connectivity index (χ3n) is 6.50. The van der Waals surface area contributed by atoms with E-state index in [9.17, 15) is 19.1 Å². The second-order valence-electron chi connectivity index (χ2n) is 8.35. The van der Waals surface area contributed by atoms with Gasteiger partial charge in [0.15, 0.2) is 5.17 Å². The maximum atomic E-state index is 14.4. The standard InChI is InChI=1S/C23H30FN5O3S.2ClH/c1-3-27(4-2)18-9-12-28(23(31)32)20(18)17-14-16(24)8-7-15(17)13-19-21(30)26-22(33-19)29-11-6-5-10-25-29;;/h7-8,13-14,18,20,25H,3-6,9-12H2,1-2H3,(H,31,32);2*1H/b19-13+;;/t18-,20?;;/m0../s1. The van der Waals surface area contributed by atoms with Crippen molar-refractivity contribution in [2.45, 2.75) is 45.2 Å². The van der Waals surface area contributed by atoms with Crippen molar-refractivity contribution in [1.82, 2.24) is 20.2 Å². The fourth-order valence-electron chi connectivity index (χ4n) is 4.88. The summed E-state index contributed by atoms with van der Waals surface area (Å²) in [5.74, 6) is -0.762. The summed E-state index contributed by atoms with van der Waals surface area (Å²) in [6.45, 7) is 7.63. The third-order valence-corrected chi connectivity index (χ3v) is 7.51. The summed E-state index contributed by atoms with van der Waals surface area (Å²) in [5, 5.41) is 12.4. The van der Waals surface area contributed by atoms with E-state index in [1.54, 1.807) is 12.1 Å². The quantitative estimate of drug-likeness (QED) is 0.529. The Labute approximate surface area is 221 Å². The minimum atomic E-state index is -1.02. The van der Waals surface area contributed by atoms with Gasteiger partial charge < -0.3 is 5.11 Å². The van der Waals surface area contributed by atoms with Crippen LogP contribution in [0.4, 0.5) is 9.18 Å². The highest BCUT2D eigenvalue weighted by Crippen LogP contribution is 2.39. The molecule has 35 heavy (non-hydrogen) atoms. The van der Waals surface area contributed by atoms with Gasteiger partial charge in [-0.05, 0) is 73.4 Å². The maximum absolute atomic E-state index is 14.4. The highest BCUT2D eigenvalue weighted by atomic mass is 35.5. The number of carbonyl (C=O) groups excluding carboxylic acids is 1. The molecule has 0 aromatic heterocycles. The fourth-order valence-corrected chi connectivity index (χ4v) is 5.79. The molecule has 0 saturated carbocycles. The van der Waals surface area contributed by atoms with Crippen molar-refractivity contribution in [1.29, 1.82) is 0 Å². The SMILES string of the molecule is CCN(CC)[C@H]1CCN(C(=O)O)C1c1cc(F)ccc1/C=C1/SC(N2CCCCN2)=NC1=O.Cl.Cl. The van der Waals surface area contributed by atoms with Gasteiger partial charge in [0, 0.05) is 25.7 Å². The van der Waals surface area contributed by atoms with Crippen LogP contribution >= 0.6 is 36.6 Å². The Morgan fingerprint density at radius 1 is 1.29 bits per heavy atom. The second-order valence-corrected chi connectivity index (χ2v) is 9.36. The Balaban J connectivity index is 0.00000216. The Kier molecular flexibility index (Phi) is 10.8. The molecule has 2 saturated heterocycles. The number of nitrogens with zero attached hydrogens (tertiary/aromatic N) is 4. The minimum Gasteiger partial charge on any atom is -0.465 e. The molecule has 0 bridgehead atoms. The van der Waals surface area contributed by atoms with E-state index in [0.29, 0.717) is 34.2 Å². The van der Waals surface area contributed by atoms with Crippen LogP contribution in [0, 0.1) is 5.82 Å². The normalized spacial score (nSPS) is 23.4. The largest absolute Gasteiger partial charge is 0.465 e. The van der Waals surface area contributed by atoms with E-state index in [0.717, 1.165) is 39.0 Å². The van der Waals surface area contributed by atoms with Crippen LogP contribution in [0.3, 0.4) is 0 Å². The minimum absolute atomic E-state index is 0. The number of amidine groups is 1. The predicted octanol–water partition coefficient (Wildman–Crippen LogP) is 4.38. The summed E-state index contributed by atoms with van der Waals surface area (Å²) in [5.41, 5.74) is 4.48. The smallest absolute Gasteiger partial charge is 0.407 e. The Morgan fingerprint density at radius 2 is 2.03 bits per heavy atom. The molecule has 2 fully saturated rings. The first-order valence-corrected chi connectivity index (χ1v) is 12.3. The highest BCUT2D eigenvalue weighted by molar-refractivity contribution is 8.18. The average Bonchev–Trinajstić information content (AvgIpc) is 3.41. The number of aliphatic imine (C=N–C) groups is 1. The summed E-state index contributed by atoms with van der Waals surface area (Å²) in [6.07, 6.45) is 3.48. The lowest BCUT2D eigenvalue weighted by atomic mass is 9.93. The summed E-state index contributed by atoms with van der Waals surface area (Å²) in [6, 6.07) is 3.80. The zero-order chi connectivity index (χ0) is 23.5. The van der Waals surface area contributed by atoms with Gasteiger partial charge in [-0.1, -0.05) is 19.9 Å². The van der Waals surface area contributed by atoms with E-state index in [4.69, 9.17) is 0 Å². The van der Waals surface area contributed by atoms with Crippen molar-refractivity contribution in [3.63, 3.8) is 0 Å². The van der Waals surface area contributed by atoms with Crippen LogP contribution in [-0.2, 0) is 4.79 Å². The second kappa shape index (κ2) is 12.9. The Bertz CT molecular complexity index is 986. The van der Waals surface area contributed by atoms with Gasteiger partial charge in [-0.3, -0.25) is 19.6 Å². The number of amides is 2. The first kappa shape index (κ1) is 29.4. The zero-order valence-electron chi connectivity index (χ0n) is 19.8. The number of hydrogen-bond acceptors (Lipinski definition) is 6. The highest BCUT2D eigenvalue weighted by Gasteiger charge is 2.41. The molecule has 8 nitrogen and oxygen atoms in total.